The van der Waals surface area contributed by atoms with Crippen LogP contribution in [0.2, 0.25) is 0 Å². The van der Waals surface area contributed by atoms with Gasteiger partial charge in [-0.1, -0.05) is 6.92 Å². The van der Waals surface area contributed by atoms with Crippen molar-refractivity contribution in [1.82, 2.24) is 0 Å². The number of furan rings is 1. The SMILES string of the molecule is CCC(=C(C(C)=O)C(=O)O)c1ccco1. The summed E-state index contributed by atoms with van der Waals surface area (Å²) in [5, 5.41) is 8.92. The maximum atomic E-state index is 11.2. The Balaban J connectivity index is 3.33. The van der Waals surface area contributed by atoms with E-state index < -0.39 is 11.8 Å². The van der Waals surface area contributed by atoms with Crippen molar-refractivity contribution in [3.8, 4) is 0 Å². The van der Waals surface area contributed by atoms with E-state index in [-0.39, 0.29) is 5.57 Å². The molecule has 4 heteroatoms. The average Bonchev–Trinajstić information content (AvgIpc) is 2.64. The van der Waals surface area contributed by atoms with Crippen molar-refractivity contribution in [3.05, 3.63) is 29.7 Å². The second-order valence-electron chi connectivity index (χ2n) is 3.05. The molecule has 0 spiro atoms. The molecule has 0 aliphatic heterocycles. The summed E-state index contributed by atoms with van der Waals surface area (Å²) in [7, 11) is 0. The van der Waals surface area contributed by atoms with Crippen molar-refractivity contribution in [2.45, 2.75) is 20.3 Å². The number of allylic oxidation sites excluding steroid dienone is 1. The van der Waals surface area contributed by atoms with Gasteiger partial charge in [0.05, 0.1) is 6.26 Å². The summed E-state index contributed by atoms with van der Waals surface area (Å²) in [5.74, 6) is -1.24. The summed E-state index contributed by atoms with van der Waals surface area (Å²) in [6.07, 6.45) is 1.89. The maximum absolute atomic E-state index is 11.2. The molecule has 0 saturated carbocycles. The Morgan fingerprint density at radius 3 is 2.47 bits per heavy atom. The molecule has 0 fully saturated rings. The van der Waals surface area contributed by atoms with E-state index in [0.29, 0.717) is 17.8 Å². The highest BCUT2D eigenvalue weighted by atomic mass is 16.4. The van der Waals surface area contributed by atoms with Crippen molar-refractivity contribution in [2.24, 2.45) is 0 Å². The minimum atomic E-state index is -1.21. The molecule has 1 heterocycles. The van der Waals surface area contributed by atoms with E-state index >= 15 is 0 Å². The van der Waals surface area contributed by atoms with E-state index in [1.54, 1.807) is 19.1 Å². The summed E-state index contributed by atoms with van der Waals surface area (Å²) < 4.78 is 5.09. The number of carbonyl (C=O) groups is 2. The fraction of sp³-hybridized carbons (Fsp3) is 0.273. The van der Waals surface area contributed by atoms with Crippen LogP contribution in [0.1, 0.15) is 26.0 Å². The second-order valence-corrected chi connectivity index (χ2v) is 3.05. The Bertz CT molecular complexity index is 382. The number of hydrogen-bond acceptors (Lipinski definition) is 3. The highest BCUT2D eigenvalue weighted by Crippen LogP contribution is 2.23. The number of carboxylic acids is 1. The Kier molecular flexibility index (Phi) is 3.44. The highest BCUT2D eigenvalue weighted by Gasteiger charge is 2.20. The molecular weight excluding hydrogens is 196 g/mol. The van der Waals surface area contributed by atoms with Crippen LogP contribution in [0.15, 0.2) is 28.4 Å². The molecule has 0 atom stereocenters. The first kappa shape index (κ1) is 11.2. The molecule has 0 amide bonds. The topological polar surface area (TPSA) is 67.5 Å². The van der Waals surface area contributed by atoms with Gasteiger partial charge in [0.1, 0.15) is 11.3 Å². The third kappa shape index (κ3) is 2.34. The van der Waals surface area contributed by atoms with Crippen molar-refractivity contribution in [2.75, 3.05) is 0 Å². The highest BCUT2D eigenvalue weighted by molar-refractivity contribution is 6.21. The Hall–Kier alpha value is -1.84. The summed E-state index contributed by atoms with van der Waals surface area (Å²) in [5.41, 5.74) is 0.229. The number of carboxylic acid groups (broad SMARTS) is 1. The van der Waals surface area contributed by atoms with E-state index in [2.05, 4.69) is 0 Å². The predicted octanol–water partition coefficient (Wildman–Crippen LogP) is 2.12. The molecule has 0 aliphatic rings. The van der Waals surface area contributed by atoms with Gasteiger partial charge < -0.3 is 9.52 Å². The summed E-state index contributed by atoms with van der Waals surface area (Å²) in [6.45, 7) is 3.02. The molecule has 15 heavy (non-hydrogen) atoms. The molecule has 1 rings (SSSR count). The zero-order valence-electron chi connectivity index (χ0n) is 8.61. The average molecular weight is 208 g/mol. The molecule has 0 bridgehead atoms. The van der Waals surface area contributed by atoms with Crippen molar-refractivity contribution in [1.29, 1.82) is 0 Å². The normalized spacial score (nSPS) is 12.1. The van der Waals surface area contributed by atoms with E-state index in [4.69, 9.17) is 9.52 Å². The first-order chi connectivity index (χ1) is 7.07. The number of Topliss-reactive ketones (excluding diaryl/α,β-unsaturated/α-hetero) is 1. The summed E-state index contributed by atoms with van der Waals surface area (Å²) in [4.78, 5) is 22.1. The van der Waals surface area contributed by atoms with Crippen LogP contribution in [0.3, 0.4) is 0 Å². The number of ketones is 1. The van der Waals surface area contributed by atoms with Gasteiger partial charge in [0.2, 0.25) is 0 Å². The van der Waals surface area contributed by atoms with Gasteiger partial charge in [0.25, 0.3) is 0 Å². The smallest absolute Gasteiger partial charge is 0.339 e. The van der Waals surface area contributed by atoms with Crippen LogP contribution < -0.4 is 0 Å². The molecule has 0 radical (unpaired) electrons. The van der Waals surface area contributed by atoms with E-state index in [0.717, 1.165) is 0 Å². The second kappa shape index (κ2) is 4.59. The lowest BCUT2D eigenvalue weighted by atomic mass is 10.0. The van der Waals surface area contributed by atoms with Crippen LogP contribution in [0.5, 0.6) is 0 Å². The zero-order chi connectivity index (χ0) is 11.4. The fourth-order valence-electron chi connectivity index (χ4n) is 1.42. The first-order valence-electron chi connectivity index (χ1n) is 4.59. The number of hydrogen-bond donors (Lipinski definition) is 1. The number of aliphatic carboxylic acids is 1. The Morgan fingerprint density at radius 2 is 2.13 bits per heavy atom. The van der Waals surface area contributed by atoms with Crippen LogP contribution in [-0.2, 0) is 9.59 Å². The van der Waals surface area contributed by atoms with Crippen LogP contribution in [-0.4, -0.2) is 16.9 Å². The Labute approximate surface area is 87.2 Å². The van der Waals surface area contributed by atoms with Crippen LogP contribution in [0.4, 0.5) is 0 Å². The van der Waals surface area contributed by atoms with Gasteiger partial charge in [-0.15, -0.1) is 0 Å². The van der Waals surface area contributed by atoms with Crippen LogP contribution in [0, 0.1) is 0 Å². The lowest BCUT2D eigenvalue weighted by molar-refractivity contribution is -0.134. The minimum Gasteiger partial charge on any atom is -0.478 e. The lowest BCUT2D eigenvalue weighted by Crippen LogP contribution is -2.11. The van der Waals surface area contributed by atoms with Gasteiger partial charge in [-0.25, -0.2) is 4.79 Å². The van der Waals surface area contributed by atoms with Gasteiger partial charge in [0, 0.05) is 5.57 Å². The molecular formula is C11H12O4. The molecule has 1 aromatic heterocycles. The van der Waals surface area contributed by atoms with Crippen molar-refractivity contribution < 1.29 is 19.1 Å². The molecule has 0 aliphatic carbocycles. The van der Waals surface area contributed by atoms with Gasteiger partial charge in [-0.2, -0.15) is 0 Å². The number of rotatable bonds is 4. The maximum Gasteiger partial charge on any atom is 0.339 e. The minimum absolute atomic E-state index is 0.201. The van der Waals surface area contributed by atoms with Gasteiger partial charge >= 0.3 is 5.97 Å². The number of carbonyl (C=O) groups excluding carboxylic acids is 1. The molecule has 1 aromatic rings. The van der Waals surface area contributed by atoms with Gasteiger partial charge in [-0.3, -0.25) is 4.79 Å². The molecule has 0 unspecified atom stereocenters. The molecule has 1 N–H and O–H groups in total. The van der Waals surface area contributed by atoms with Crippen LogP contribution in [0.25, 0.3) is 5.57 Å². The molecule has 0 saturated heterocycles. The molecule has 0 aromatic carbocycles. The van der Waals surface area contributed by atoms with E-state index in [9.17, 15) is 9.59 Å². The molecule has 4 nitrogen and oxygen atoms in total. The van der Waals surface area contributed by atoms with Crippen molar-refractivity contribution in [3.63, 3.8) is 0 Å². The third-order valence-electron chi connectivity index (χ3n) is 2.04. The predicted molar refractivity (Wildman–Crippen MR) is 54.2 cm³/mol. The largest absolute Gasteiger partial charge is 0.478 e. The van der Waals surface area contributed by atoms with E-state index in [1.165, 1.54) is 13.2 Å². The quantitative estimate of drug-likeness (QED) is 0.467. The standard InChI is InChI=1S/C11H12O4/c1-3-8(9-5-4-6-15-9)10(7(2)12)11(13)14/h4-6H,3H2,1-2H3,(H,13,14). The summed E-state index contributed by atoms with van der Waals surface area (Å²) in [6, 6.07) is 3.30. The lowest BCUT2D eigenvalue weighted by Gasteiger charge is -2.05. The fourth-order valence-corrected chi connectivity index (χ4v) is 1.42. The van der Waals surface area contributed by atoms with Gasteiger partial charge in [-0.05, 0) is 25.5 Å². The van der Waals surface area contributed by atoms with Crippen LogP contribution >= 0.6 is 0 Å². The van der Waals surface area contributed by atoms with E-state index in [1.807, 2.05) is 0 Å². The monoisotopic (exact) mass is 208 g/mol. The Morgan fingerprint density at radius 1 is 1.47 bits per heavy atom. The third-order valence-corrected chi connectivity index (χ3v) is 2.04. The zero-order valence-corrected chi connectivity index (χ0v) is 8.61. The summed E-state index contributed by atoms with van der Waals surface area (Å²) >= 11 is 0. The van der Waals surface area contributed by atoms with Gasteiger partial charge in [0.15, 0.2) is 5.78 Å². The first-order valence-corrected chi connectivity index (χ1v) is 4.59. The molecule has 80 valence electrons. The van der Waals surface area contributed by atoms with Crippen molar-refractivity contribution >= 4 is 17.3 Å².